The molecule has 1 aliphatic rings. The number of rotatable bonds is 0. The number of nitrogens with one attached hydrogen (secondary N) is 1. The highest BCUT2D eigenvalue weighted by Gasteiger charge is 2.13. The van der Waals surface area contributed by atoms with E-state index in [9.17, 15) is 0 Å². The number of nitrogens with zero attached hydrogens (tertiary/aromatic N) is 1. The second-order valence-electron chi connectivity index (χ2n) is 1.88. The van der Waals surface area contributed by atoms with E-state index in [0.29, 0.717) is 0 Å². The van der Waals surface area contributed by atoms with Gasteiger partial charge in [-0.15, -0.1) is 0 Å². The van der Waals surface area contributed by atoms with Gasteiger partial charge in [0.15, 0.2) is 0 Å². The van der Waals surface area contributed by atoms with Crippen LogP contribution in [0.25, 0.3) is 0 Å². The summed E-state index contributed by atoms with van der Waals surface area (Å²) in [7, 11) is 0. The number of hydrogen-bond donors (Lipinski definition) is 1. The van der Waals surface area contributed by atoms with Gasteiger partial charge in [-0.1, -0.05) is 12.2 Å². The molecule has 1 atom stereocenters. The van der Waals surface area contributed by atoms with Crippen LogP contribution in [0.15, 0.2) is 4.99 Å². The topological polar surface area (TPSA) is 24.4 Å². The van der Waals surface area contributed by atoms with Gasteiger partial charge < -0.3 is 5.32 Å². The molecular weight excluding hydrogens is 120 g/mol. The van der Waals surface area contributed by atoms with Crippen molar-refractivity contribution in [3.63, 3.8) is 0 Å². The molecule has 0 radical (unpaired) electrons. The fraction of sp³-hybridized carbons (Fsp3) is 0.600. The molecule has 0 saturated carbocycles. The second kappa shape index (κ2) is 1.82. The van der Waals surface area contributed by atoms with Crippen LogP contribution in [-0.2, 0) is 0 Å². The number of aliphatic imine (C=N–C) groups is 1. The Bertz CT molecular complexity index is 151. The highest BCUT2D eigenvalue weighted by molar-refractivity contribution is 7.80. The van der Waals surface area contributed by atoms with Gasteiger partial charge in [0.2, 0.25) is 0 Å². The molecule has 0 bridgehead atoms. The Balaban J connectivity index is 2.69. The maximum absolute atomic E-state index is 4.89. The second-order valence-corrected chi connectivity index (χ2v) is 2.32. The Labute approximate surface area is 54.0 Å². The summed E-state index contributed by atoms with van der Waals surface area (Å²) in [6.07, 6.45) is 0. The normalized spacial score (nSPS) is 27.5. The molecule has 0 aliphatic carbocycles. The van der Waals surface area contributed by atoms with Gasteiger partial charge in [-0.3, -0.25) is 4.99 Å². The van der Waals surface area contributed by atoms with Crippen LogP contribution in [0, 0.1) is 0 Å². The molecule has 0 aromatic carbocycles. The lowest BCUT2D eigenvalue weighted by Crippen LogP contribution is -2.23. The average molecular weight is 128 g/mol. The smallest absolute Gasteiger partial charge is 0.105 e. The Morgan fingerprint density at radius 3 is 2.50 bits per heavy atom. The molecule has 1 rings (SSSR count). The lowest BCUT2D eigenvalue weighted by atomic mass is 10.4. The summed E-state index contributed by atoms with van der Waals surface area (Å²) < 4.78 is 0. The molecule has 0 aromatic rings. The van der Waals surface area contributed by atoms with Gasteiger partial charge in [-0.2, -0.15) is 0 Å². The molecular formula is C5H8N2S. The van der Waals surface area contributed by atoms with Crippen LogP contribution in [-0.4, -0.2) is 16.9 Å². The van der Waals surface area contributed by atoms with Gasteiger partial charge in [0.25, 0.3) is 0 Å². The first-order chi connectivity index (χ1) is 3.70. The summed E-state index contributed by atoms with van der Waals surface area (Å²) in [5.74, 6) is 0.933. The van der Waals surface area contributed by atoms with Crippen LogP contribution in [0.5, 0.6) is 0 Å². The Hall–Kier alpha value is -0.440. The lowest BCUT2D eigenvalue weighted by molar-refractivity contribution is 1.01. The van der Waals surface area contributed by atoms with E-state index in [1.54, 1.807) is 0 Å². The first kappa shape index (κ1) is 5.69. The Morgan fingerprint density at radius 1 is 1.75 bits per heavy atom. The van der Waals surface area contributed by atoms with Crippen molar-refractivity contribution in [1.29, 1.82) is 0 Å². The first-order valence-corrected chi connectivity index (χ1v) is 2.96. The van der Waals surface area contributed by atoms with E-state index in [4.69, 9.17) is 12.2 Å². The fourth-order valence-electron chi connectivity index (χ4n) is 0.664. The third-order valence-corrected chi connectivity index (χ3v) is 1.51. The Kier molecular flexibility index (Phi) is 1.29. The van der Waals surface area contributed by atoms with Crippen molar-refractivity contribution in [3.8, 4) is 0 Å². The minimum absolute atomic E-state index is 0.199. The van der Waals surface area contributed by atoms with Crippen molar-refractivity contribution in [2.45, 2.75) is 19.9 Å². The van der Waals surface area contributed by atoms with E-state index in [1.807, 2.05) is 13.8 Å². The largest absolute Gasteiger partial charge is 0.337 e. The van der Waals surface area contributed by atoms with Crippen molar-refractivity contribution in [2.24, 2.45) is 4.99 Å². The summed E-state index contributed by atoms with van der Waals surface area (Å²) in [5.41, 5.74) is 0. The monoisotopic (exact) mass is 128 g/mol. The zero-order valence-corrected chi connectivity index (χ0v) is 5.75. The van der Waals surface area contributed by atoms with E-state index in [-0.39, 0.29) is 6.04 Å². The Morgan fingerprint density at radius 2 is 2.38 bits per heavy atom. The quantitative estimate of drug-likeness (QED) is 0.486. The van der Waals surface area contributed by atoms with E-state index in [1.165, 1.54) is 0 Å². The highest BCUT2D eigenvalue weighted by atomic mass is 32.1. The molecule has 0 saturated heterocycles. The van der Waals surface area contributed by atoms with Crippen molar-refractivity contribution in [3.05, 3.63) is 0 Å². The SMILES string of the molecule is CC1=NC(C)C(=S)N1. The zero-order chi connectivity index (χ0) is 6.15. The van der Waals surface area contributed by atoms with E-state index in [2.05, 4.69) is 10.3 Å². The average Bonchev–Trinajstić information content (AvgIpc) is 1.85. The number of amidine groups is 1. The lowest BCUT2D eigenvalue weighted by Gasteiger charge is -1.94. The van der Waals surface area contributed by atoms with Crippen molar-refractivity contribution >= 4 is 23.0 Å². The molecule has 1 aliphatic heterocycles. The molecule has 44 valence electrons. The summed E-state index contributed by atoms with van der Waals surface area (Å²) >= 11 is 4.89. The predicted molar refractivity (Wildman–Crippen MR) is 38.3 cm³/mol. The molecule has 1 heterocycles. The molecule has 8 heavy (non-hydrogen) atoms. The van der Waals surface area contributed by atoms with Crippen LogP contribution in [0.1, 0.15) is 13.8 Å². The third-order valence-electron chi connectivity index (χ3n) is 1.07. The molecule has 1 unspecified atom stereocenters. The molecule has 0 fully saturated rings. The first-order valence-electron chi connectivity index (χ1n) is 2.55. The summed E-state index contributed by atoms with van der Waals surface area (Å²) in [6, 6.07) is 0.199. The molecule has 0 spiro atoms. The van der Waals surface area contributed by atoms with Crippen LogP contribution >= 0.6 is 12.2 Å². The van der Waals surface area contributed by atoms with Crippen LogP contribution in [0.2, 0.25) is 0 Å². The van der Waals surface area contributed by atoms with Gasteiger partial charge in [0.05, 0.1) is 11.9 Å². The molecule has 0 amide bonds. The maximum atomic E-state index is 4.89. The van der Waals surface area contributed by atoms with Gasteiger partial charge in [0.1, 0.15) is 4.99 Å². The summed E-state index contributed by atoms with van der Waals surface area (Å²) in [6.45, 7) is 3.89. The molecule has 2 nitrogen and oxygen atoms in total. The van der Waals surface area contributed by atoms with Gasteiger partial charge in [-0.25, -0.2) is 0 Å². The molecule has 1 N–H and O–H groups in total. The minimum Gasteiger partial charge on any atom is -0.337 e. The number of hydrogen-bond acceptors (Lipinski definition) is 2. The molecule has 0 aromatic heterocycles. The zero-order valence-electron chi connectivity index (χ0n) is 4.93. The summed E-state index contributed by atoms with van der Waals surface area (Å²) in [5, 5.41) is 2.95. The van der Waals surface area contributed by atoms with Crippen LogP contribution in [0.4, 0.5) is 0 Å². The fourth-order valence-corrected chi connectivity index (χ4v) is 0.865. The van der Waals surface area contributed by atoms with Gasteiger partial charge in [-0.05, 0) is 13.8 Å². The highest BCUT2D eigenvalue weighted by Crippen LogP contribution is 1.98. The van der Waals surface area contributed by atoms with Crippen LogP contribution in [0.3, 0.4) is 0 Å². The van der Waals surface area contributed by atoms with E-state index < -0.39 is 0 Å². The number of thiocarbonyl (C=S) groups is 1. The predicted octanol–water partition coefficient (Wildman–Crippen LogP) is 0.724. The van der Waals surface area contributed by atoms with E-state index >= 15 is 0 Å². The minimum atomic E-state index is 0.199. The molecule has 3 heteroatoms. The van der Waals surface area contributed by atoms with Gasteiger partial charge >= 0.3 is 0 Å². The van der Waals surface area contributed by atoms with E-state index in [0.717, 1.165) is 10.8 Å². The van der Waals surface area contributed by atoms with Crippen LogP contribution < -0.4 is 5.32 Å². The van der Waals surface area contributed by atoms with Crippen molar-refractivity contribution in [1.82, 2.24) is 5.32 Å². The van der Waals surface area contributed by atoms with Gasteiger partial charge in [0, 0.05) is 0 Å². The maximum Gasteiger partial charge on any atom is 0.105 e. The van der Waals surface area contributed by atoms with Crippen molar-refractivity contribution < 1.29 is 0 Å². The standard InChI is InChI=1S/C5H8N2S/c1-3-5(8)7-4(2)6-3/h3H,1-2H3,(H,6,7,8). The third kappa shape index (κ3) is 0.865. The van der Waals surface area contributed by atoms with Crippen molar-refractivity contribution in [2.75, 3.05) is 0 Å². The summed E-state index contributed by atoms with van der Waals surface area (Å²) in [4.78, 5) is 4.97.